The molecule has 0 bridgehead atoms. The molecular formula is C12H15NO3. The van der Waals surface area contributed by atoms with Gasteiger partial charge >= 0.3 is 5.97 Å². The van der Waals surface area contributed by atoms with Crippen LogP contribution in [0.2, 0.25) is 0 Å². The molecule has 0 atom stereocenters. The van der Waals surface area contributed by atoms with E-state index in [9.17, 15) is 4.79 Å². The molecule has 1 saturated carbocycles. The van der Waals surface area contributed by atoms with Crippen LogP contribution in [0.3, 0.4) is 0 Å². The van der Waals surface area contributed by atoms with E-state index in [0.717, 1.165) is 24.3 Å². The highest BCUT2D eigenvalue weighted by atomic mass is 16.5. The van der Waals surface area contributed by atoms with Crippen LogP contribution in [0.1, 0.15) is 23.2 Å². The fraction of sp³-hybridized carbons (Fsp3) is 0.417. The molecule has 1 N–H and O–H groups in total. The van der Waals surface area contributed by atoms with Crippen LogP contribution in [-0.4, -0.2) is 26.2 Å². The van der Waals surface area contributed by atoms with Gasteiger partial charge in [-0.3, -0.25) is 0 Å². The lowest BCUT2D eigenvalue weighted by molar-refractivity contribution is 0.0601. The summed E-state index contributed by atoms with van der Waals surface area (Å²) >= 11 is 0. The molecule has 0 spiro atoms. The van der Waals surface area contributed by atoms with E-state index in [4.69, 9.17) is 9.47 Å². The molecule has 0 radical (unpaired) electrons. The van der Waals surface area contributed by atoms with E-state index in [1.165, 1.54) is 7.11 Å². The van der Waals surface area contributed by atoms with Crippen molar-refractivity contribution in [3.63, 3.8) is 0 Å². The highest BCUT2D eigenvalue weighted by Crippen LogP contribution is 2.29. The summed E-state index contributed by atoms with van der Waals surface area (Å²) in [5.74, 6) is 0.368. The lowest BCUT2D eigenvalue weighted by Crippen LogP contribution is -2.06. The summed E-state index contributed by atoms with van der Waals surface area (Å²) in [6, 6.07) is 5.40. The van der Waals surface area contributed by atoms with Crippen LogP contribution in [0.25, 0.3) is 0 Å². The van der Waals surface area contributed by atoms with E-state index in [0.29, 0.717) is 11.7 Å². The summed E-state index contributed by atoms with van der Waals surface area (Å²) in [4.78, 5) is 11.5. The predicted octanol–water partition coefficient (Wildman–Crippen LogP) is 2.06. The third-order valence-electron chi connectivity index (χ3n) is 2.49. The minimum Gasteiger partial charge on any atom is -0.490 e. The van der Waals surface area contributed by atoms with Crippen molar-refractivity contribution in [3.8, 4) is 5.75 Å². The van der Waals surface area contributed by atoms with Crippen molar-refractivity contribution in [2.45, 2.75) is 18.9 Å². The van der Waals surface area contributed by atoms with Gasteiger partial charge in [0.15, 0.2) is 0 Å². The van der Waals surface area contributed by atoms with Gasteiger partial charge in [0.1, 0.15) is 5.75 Å². The Morgan fingerprint density at radius 3 is 2.75 bits per heavy atom. The average molecular weight is 221 g/mol. The van der Waals surface area contributed by atoms with Gasteiger partial charge in [-0.15, -0.1) is 0 Å². The number of carbonyl (C=O) groups is 1. The molecule has 0 amide bonds. The second-order valence-corrected chi connectivity index (χ2v) is 3.77. The van der Waals surface area contributed by atoms with Crippen LogP contribution in [0.15, 0.2) is 18.2 Å². The lowest BCUT2D eigenvalue weighted by Gasteiger charge is -2.10. The van der Waals surface area contributed by atoms with E-state index in [-0.39, 0.29) is 5.97 Å². The first-order valence-electron chi connectivity index (χ1n) is 5.31. The molecule has 0 saturated heterocycles. The minimum atomic E-state index is -0.356. The fourth-order valence-electron chi connectivity index (χ4n) is 1.47. The summed E-state index contributed by atoms with van der Waals surface area (Å²) in [5.41, 5.74) is 1.25. The van der Waals surface area contributed by atoms with Crippen LogP contribution in [-0.2, 0) is 4.74 Å². The Bertz CT molecular complexity index is 399. The Morgan fingerprint density at radius 2 is 2.19 bits per heavy atom. The first kappa shape index (κ1) is 10.8. The predicted molar refractivity (Wildman–Crippen MR) is 61.0 cm³/mol. The van der Waals surface area contributed by atoms with Gasteiger partial charge in [0.25, 0.3) is 0 Å². The lowest BCUT2D eigenvalue weighted by atomic mass is 10.1. The molecule has 86 valence electrons. The molecule has 2 rings (SSSR count). The standard InChI is InChI=1S/C12H15NO3/c1-13-11-6-5-9(16-8-3-4-8)7-10(11)12(14)15-2/h5-8,13H,3-4H2,1-2H3. The maximum Gasteiger partial charge on any atom is 0.340 e. The van der Waals surface area contributed by atoms with Gasteiger partial charge < -0.3 is 14.8 Å². The normalized spacial score (nSPS) is 14.4. The van der Waals surface area contributed by atoms with Crippen molar-refractivity contribution in [1.82, 2.24) is 0 Å². The van der Waals surface area contributed by atoms with Crippen LogP contribution in [0.5, 0.6) is 5.75 Å². The summed E-state index contributed by atoms with van der Waals surface area (Å²) in [7, 11) is 3.14. The Morgan fingerprint density at radius 1 is 1.44 bits per heavy atom. The quantitative estimate of drug-likeness (QED) is 0.790. The smallest absolute Gasteiger partial charge is 0.340 e. The fourth-order valence-corrected chi connectivity index (χ4v) is 1.47. The number of hydrogen-bond acceptors (Lipinski definition) is 4. The molecule has 1 aliphatic carbocycles. The highest BCUT2D eigenvalue weighted by Gasteiger charge is 2.24. The van der Waals surface area contributed by atoms with E-state index in [1.807, 2.05) is 12.1 Å². The zero-order valence-electron chi connectivity index (χ0n) is 9.45. The Labute approximate surface area is 94.6 Å². The average Bonchev–Trinajstić information content (AvgIpc) is 3.12. The van der Waals surface area contributed by atoms with Crippen LogP contribution in [0.4, 0.5) is 5.69 Å². The first-order chi connectivity index (χ1) is 7.74. The number of rotatable bonds is 4. The van der Waals surface area contributed by atoms with E-state index < -0.39 is 0 Å². The number of methoxy groups -OCH3 is 1. The topological polar surface area (TPSA) is 47.6 Å². The van der Waals surface area contributed by atoms with Crippen molar-refractivity contribution in [2.24, 2.45) is 0 Å². The molecule has 0 aromatic heterocycles. The molecule has 4 heteroatoms. The third kappa shape index (κ3) is 2.27. The van der Waals surface area contributed by atoms with Crippen molar-refractivity contribution in [2.75, 3.05) is 19.5 Å². The van der Waals surface area contributed by atoms with Crippen molar-refractivity contribution >= 4 is 11.7 Å². The molecule has 1 fully saturated rings. The van der Waals surface area contributed by atoms with E-state index >= 15 is 0 Å². The third-order valence-corrected chi connectivity index (χ3v) is 2.49. The number of carbonyl (C=O) groups excluding carboxylic acids is 1. The van der Waals surface area contributed by atoms with Crippen molar-refractivity contribution in [3.05, 3.63) is 23.8 Å². The van der Waals surface area contributed by atoms with Crippen molar-refractivity contribution in [1.29, 1.82) is 0 Å². The Hall–Kier alpha value is -1.71. The molecule has 1 aliphatic rings. The maximum absolute atomic E-state index is 11.5. The highest BCUT2D eigenvalue weighted by molar-refractivity contribution is 5.96. The molecule has 16 heavy (non-hydrogen) atoms. The summed E-state index contributed by atoms with van der Waals surface area (Å²) in [5, 5.41) is 2.95. The van der Waals surface area contributed by atoms with Gasteiger partial charge in [-0.2, -0.15) is 0 Å². The molecule has 4 nitrogen and oxygen atoms in total. The number of benzene rings is 1. The number of esters is 1. The molecule has 1 aromatic carbocycles. The van der Waals surface area contributed by atoms with Crippen LogP contribution in [0, 0.1) is 0 Å². The van der Waals surface area contributed by atoms with Crippen LogP contribution < -0.4 is 10.1 Å². The summed E-state index contributed by atoms with van der Waals surface area (Å²) in [6.45, 7) is 0. The number of hydrogen-bond donors (Lipinski definition) is 1. The molecule has 0 aliphatic heterocycles. The second-order valence-electron chi connectivity index (χ2n) is 3.77. The zero-order chi connectivity index (χ0) is 11.5. The summed E-state index contributed by atoms with van der Waals surface area (Å²) < 4.78 is 10.3. The number of ether oxygens (including phenoxy) is 2. The van der Waals surface area contributed by atoms with E-state index in [1.54, 1.807) is 13.1 Å². The first-order valence-corrected chi connectivity index (χ1v) is 5.31. The van der Waals surface area contributed by atoms with Gasteiger partial charge in [-0.25, -0.2) is 4.79 Å². The number of anilines is 1. The Kier molecular flexibility index (Phi) is 2.99. The largest absolute Gasteiger partial charge is 0.490 e. The maximum atomic E-state index is 11.5. The van der Waals surface area contributed by atoms with Crippen molar-refractivity contribution < 1.29 is 14.3 Å². The molecule has 1 aromatic rings. The monoisotopic (exact) mass is 221 g/mol. The van der Waals surface area contributed by atoms with Gasteiger partial charge in [0.2, 0.25) is 0 Å². The minimum absolute atomic E-state index is 0.325. The van der Waals surface area contributed by atoms with Gasteiger partial charge in [-0.1, -0.05) is 0 Å². The number of nitrogens with one attached hydrogen (secondary N) is 1. The van der Waals surface area contributed by atoms with E-state index in [2.05, 4.69) is 5.32 Å². The SMILES string of the molecule is CNc1ccc(OC2CC2)cc1C(=O)OC. The zero-order valence-corrected chi connectivity index (χ0v) is 9.45. The van der Waals surface area contributed by atoms with Crippen LogP contribution >= 0.6 is 0 Å². The summed E-state index contributed by atoms with van der Waals surface area (Å²) in [6.07, 6.45) is 2.52. The van der Waals surface area contributed by atoms with Gasteiger partial charge in [-0.05, 0) is 31.0 Å². The molecule has 0 heterocycles. The molecule has 0 unspecified atom stereocenters. The Balaban J connectivity index is 2.25. The second kappa shape index (κ2) is 4.43. The van der Waals surface area contributed by atoms with Gasteiger partial charge in [0.05, 0.1) is 18.8 Å². The molecular weight excluding hydrogens is 206 g/mol. The van der Waals surface area contributed by atoms with Gasteiger partial charge in [0, 0.05) is 12.7 Å².